The van der Waals surface area contributed by atoms with Crippen LogP contribution in [0.5, 0.6) is 11.5 Å². The fraction of sp³-hybridized carbons (Fsp3) is 0.238. The first-order chi connectivity index (χ1) is 14.9. The number of nitrogens with zero attached hydrogens (tertiary/aromatic N) is 1. The lowest BCUT2D eigenvalue weighted by Gasteiger charge is -2.10. The third kappa shape index (κ3) is 7.98. The van der Waals surface area contributed by atoms with Crippen LogP contribution in [0.25, 0.3) is 0 Å². The van der Waals surface area contributed by atoms with Crippen molar-refractivity contribution >= 4 is 41.2 Å². The van der Waals surface area contributed by atoms with Gasteiger partial charge in [-0.1, -0.05) is 11.6 Å². The van der Waals surface area contributed by atoms with Crippen LogP contribution in [0, 0.1) is 0 Å². The Balaban J connectivity index is 1.95. The summed E-state index contributed by atoms with van der Waals surface area (Å²) in [7, 11) is 0. The smallest absolute Gasteiger partial charge is 0.329 e. The molecule has 2 aromatic rings. The second-order valence-corrected chi connectivity index (χ2v) is 6.47. The number of benzene rings is 2. The first kappa shape index (κ1) is 23.7. The van der Waals surface area contributed by atoms with E-state index in [4.69, 9.17) is 21.1 Å². The maximum Gasteiger partial charge on any atom is 0.329 e. The van der Waals surface area contributed by atoms with Crippen molar-refractivity contribution < 1.29 is 23.9 Å². The van der Waals surface area contributed by atoms with E-state index in [1.54, 1.807) is 49.4 Å². The highest BCUT2D eigenvalue weighted by molar-refractivity contribution is 6.35. The van der Waals surface area contributed by atoms with Gasteiger partial charge in [0.25, 0.3) is 5.91 Å². The summed E-state index contributed by atoms with van der Waals surface area (Å²) < 4.78 is 10.9. The van der Waals surface area contributed by atoms with Crippen LogP contribution >= 0.6 is 11.6 Å². The van der Waals surface area contributed by atoms with E-state index in [1.165, 1.54) is 6.21 Å². The van der Waals surface area contributed by atoms with Crippen molar-refractivity contribution in [3.63, 3.8) is 0 Å². The van der Waals surface area contributed by atoms with Crippen molar-refractivity contribution in [1.29, 1.82) is 0 Å². The Morgan fingerprint density at radius 1 is 1.03 bits per heavy atom. The molecule has 3 N–H and O–H groups in total. The Labute approximate surface area is 184 Å². The maximum atomic E-state index is 12.2. The van der Waals surface area contributed by atoms with Crippen molar-refractivity contribution in [2.24, 2.45) is 5.10 Å². The summed E-state index contributed by atoms with van der Waals surface area (Å²) >= 11 is 6.00. The van der Waals surface area contributed by atoms with Gasteiger partial charge in [-0.25, -0.2) is 5.43 Å². The van der Waals surface area contributed by atoms with Crippen molar-refractivity contribution in [1.82, 2.24) is 10.7 Å². The zero-order chi connectivity index (χ0) is 22.6. The van der Waals surface area contributed by atoms with Gasteiger partial charge < -0.3 is 20.1 Å². The third-order valence-electron chi connectivity index (χ3n) is 3.69. The average Bonchev–Trinajstić information content (AvgIpc) is 2.75. The molecule has 10 heteroatoms. The number of likely N-dealkylation sites (N-methyl/N-ethyl adjacent to an activating group) is 1. The average molecular weight is 447 g/mol. The van der Waals surface area contributed by atoms with Crippen LogP contribution in [0.15, 0.2) is 47.6 Å². The van der Waals surface area contributed by atoms with Crippen LogP contribution in [0.3, 0.4) is 0 Å². The Morgan fingerprint density at radius 3 is 2.45 bits per heavy atom. The molecule has 0 unspecified atom stereocenters. The summed E-state index contributed by atoms with van der Waals surface area (Å²) in [5.41, 5.74) is 3.12. The second kappa shape index (κ2) is 12.2. The first-order valence-corrected chi connectivity index (χ1v) is 9.87. The molecule has 2 aromatic carbocycles. The molecule has 0 saturated heterocycles. The fourth-order valence-corrected chi connectivity index (χ4v) is 2.53. The van der Waals surface area contributed by atoms with Crippen LogP contribution in [-0.4, -0.2) is 43.7 Å². The highest BCUT2D eigenvalue weighted by Gasteiger charge is 2.11. The van der Waals surface area contributed by atoms with Gasteiger partial charge in [0.2, 0.25) is 0 Å². The summed E-state index contributed by atoms with van der Waals surface area (Å²) in [6.07, 6.45) is 1.27. The molecule has 3 amide bonds. The minimum Gasteiger partial charge on any atom is -0.494 e. The van der Waals surface area contributed by atoms with Gasteiger partial charge in [0.1, 0.15) is 11.5 Å². The SMILES string of the molecule is CCNC(=O)C(=O)N/N=C\c1cc(Cl)ccc1OCC(=O)Nc1ccc(OCC)cc1. The van der Waals surface area contributed by atoms with Gasteiger partial charge in [-0.15, -0.1) is 0 Å². The Hall–Kier alpha value is -3.59. The lowest BCUT2D eigenvalue weighted by atomic mass is 10.2. The lowest BCUT2D eigenvalue weighted by molar-refractivity contribution is -0.139. The minimum absolute atomic E-state index is 0.263. The molecule has 0 spiro atoms. The predicted molar refractivity (Wildman–Crippen MR) is 118 cm³/mol. The van der Waals surface area contributed by atoms with E-state index in [0.29, 0.717) is 40.9 Å². The third-order valence-corrected chi connectivity index (χ3v) is 3.93. The highest BCUT2D eigenvalue weighted by atomic mass is 35.5. The monoisotopic (exact) mass is 446 g/mol. The first-order valence-electron chi connectivity index (χ1n) is 9.49. The number of carbonyl (C=O) groups is 3. The van der Waals surface area contributed by atoms with E-state index in [1.807, 2.05) is 6.92 Å². The van der Waals surface area contributed by atoms with Gasteiger partial charge >= 0.3 is 11.8 Å². The van der Waals surface area contributed by atoms with Crippen molar-refractivity contribution in [3.8, 4) is 11.5 Å². The van der Waals surface area contributed by atoms with Crippen LogP contribution in [0.4, 0.5) is 5.69 Å². The minimum atomic E-state index is -0.905. The number of anilines is 1. The molecule has 0 fully saturated rings. The number of rotatable bonds is 9. The number of ether oxygens (including phenoxy) is 2. The van der Waals surface area contributed by atoms with E-state index in [-0.39, 0.29) is 12.5 Å². The van der Waals surface area contributed by atoms with Gasteiger partial charge in [-0.2, -0.15) is 5.10 Å². The standard InChI is InChI=1S/C21H23ClN4O5/c1-3-23-20(28)21(29)26-24-12-14-11-15(22)5-10-18(14)31-13-19(27)25-16-6-8-17(9-7-16)30-4-2/h5-12H,3-4,13H2,1-2H3,(H,23,28)(H,25,27)(H,26,29)/b24-12-. The molecule has 0 aliphatic heterocycles. The molecule has 0 heterocycles. The van der Waals surface area contributed by atoms with E-state index >= 15 is 0 Å². The van der Waals surface area contributed by atoms with Gasteiger partial charge in [0, 0.05) is 22.8 Å². The van der Waals surface area contributed by atoms with Crippen LogP contribution in [0.2, 0.25) is 5.02 Å². The maximum absolute atomic E-state index is 12.2. The van der Waals surface area contributed by atoms with Gasteiger partial charge in [-0.3, -0.25) is 14.4 Å². The van der Waals surface area contributed by atoms with E-state index in [2.05, 4.69) is 21.2 Å². The number of amides is 3. The number of halogens is 1. The molecule has 31 heavy (non-hydrogen) atoms. The van der Waals surface area contributed by atoms with Gasteiger partial charge in [0.15, 0.2) is 6.61 Å². The molecule has 0 saturated carbocycles. The summed E-state index contributed by atoms with van der Waals surface area (Å²) in [6.45, 7) is 4.19. The molecule has 9 nitrogen and oxygen atoms in total. The van der Waals surface area contributed by atoms with Crippen molar-refractivity contribution in [2.75, 3.05) is 25.1 Å². The Morgan fingerprint density at radius 2 is 1.77 bits per heavy atom. The normalized spacial score (nSPS) is 10.4. The molecule has 0 aromatic heterocycles. The predicted octanol–water partition coefficient (Wildman–Crippen LogP) is 2.34. The molecule has 0 atom stereocenters. The summed E-state index contributed by atoms with van der Waals surface area (Å²) in [4.78, 5) is 35.1. The molecule has 2 rings (SSSR count). The van der Waals surface area contributed by atoms with Gasteiger partial charge in [0.05, 0.1) is 12.8 Å². The zero-order valence-corrected chi connectivity index (χ0v) is 17.9. The van der Waals surface area contributed by atoms with Crippen LogP contribution in [0.1, 0.15) is 19.4 Å². The Bertz CT molecular complexity index is 947. The van der Waals surface area contributed by atoms with Crippen molar-refractivity contribution in [2.45, 2.75) is 13.8 Å². The van der Waals surface area contributed by atoms with Gasteiger partial charge in [-0.05, 0) is 56.3 Å². The van der Waals surface area contributed by atoms with Crippen LogP contribution < -0.4 is 25.5 Å². The quantitative estimate of drug-likeness (QED) is 0.310. The van der Waals surface area contributed by atoms with E-state index < -0.39 is 11.8 Å². The fourth-order valence-electron chi connectivity index (χ4n) is 2.35. The molecule has 0 aliphatic rings. The highest BCUT2D eigenvalue weighted by Crippen LogP contribution is 2.21. The number of hydrogen-bond acceptors (Lipinski definition) is 6. The zero-order valence-electron chi connectivity index (χ0n) is 17.1. The number of hydrazone groups is 1. The van der Waals surface area contributed by atoms with Crippen molar-refractivity contribution in [3.05, 3.63) is 53.1 Å². The Kier molecular flexibility index (Phi) is 9.31. The van der Waals surface area contributed by atoms with E-state index in [9.17, 15) is 14.4 Å². The van der Waals surface area contributed by atoms with Crippen LogP contribution in [-0.2, 0) is 14.4 Å². The summed E-state index contributed by atoms with van der Waals surface area (Å²) in [5.74, 6) is -1.04. The lowest BCUT2D eigenvalue weighted by Crippen LogP contribution is -2.37. The topological polar surface area (TPSA) is 118 Å². The molecular weight excluding hydrogens is 424 g/mol. The molecule has 164 valence electrons. The number of carbonyl (C=O) groups excluding carboxylic acids is 3. The largest absolute Gasteiger partial charge is 0.494 e. The molecule has 0 aliphatic carbocycles. The summed E-state index contributed by atoms with van der Waals surface area (Å²) in [5, 5.41) is 9.20. The number of hydrogen-bond donors (Lipinski definition) is 3. The number of nitrogens with one attached hydrogen (secondary N) is 3. The molecule has 0 radical (unpaired) electrons. The molecule has 0 bridgehead atoms. The molecular formula is C21H23ClN4O5. The van der Waals surface area contributed by atoms with E-state index in [0.717, 1.165) is 0 Å². The second-order valence-electron chi connectivity index (χ2n) is 6.03. The summed E-state index contributed by atoms with van der Waals surface area (Å²) in [6, 6.07) is 11.7.